The first-order valence-corrected chi connectivity index (χ1v) is 12.8. The van der Waals surface area contributed by atoms with Gasteiger partial charge in [0.05, 0.1) is 0 Å². The number of alkyl halides is 2. The van der Waals surface area contributed by atoms with Gasteiger partial charge in [-0.05, 0) is 0 Å². The van der Waals surface area contributed by atoms with Crippen LogP contribution >= 0.6 is 8.17 Å². The number of hydrogen-bond donors (Lipinski definition) is 2. The Labute approximate surface area is 191 Å². The fraction of sp³-hybridized carbons (Fsp3) is 0.750. The van der Waals surface area contributed by atoms with Gasteiger partial charge in [0.15, 0.2) is 0 Å². The van der Waals surface area contributed by atoms with Crippen molar-refractivity contribution in [3.05, 3.63) is 22.7 Å². The molecule has 188 valence electrons. The van der Waals surface area contributed by atoms with E-state index in [0.717, 1.165) is 19.0 Å². The average Bonchev–Trinajstić information content (AvgIpc) is 2.97. The molecule has 0 bridgehead atoms. The SMILES string of the molecule is CCCC(CCC)C(=O)Nc1ccn([C@@H]2O[C@@H]3CO[PH](O)(OC(C)C)O[C@H]3C2(F)F)c(=O)n1. The maximum absolute atomic E-state index is 15.2. The molecule has 2 aliphatic rings. The minimum absolute atomic E-state index is 0.0242. The van der Waals surface area contributed by atoms with Gasteiger partial charge in [-0.1, -0.05) is 26.7 Å². The van der Waals surface area contributed by atoms with Crippen molar-refractivity contribution in [1.29, 1.82) is 0 Å². The van der Waals surface area contributed by atoms with Gasteiger partial charge < -0.3 is 0 Å². The van der Waals surface area contributed by atoms with Crippen LogP contribution in [0, 0.1) is 5.92 Å². The van der Waals surface area contributed by atoms with Gasteiger partial charge in [0.2, 0.25) is 0 Å². The molecule has 3 rings (SSSR count). The minimum atomic E-state index is -4.28. The number of halogens is 2. The zero-order chi connectivity index (χ0) is 24.4. The molecular formula is C20H32F2N3O7P. The number of carbonyl (C=O) groups is 1. The van der Waals surface area contributed by atoms with Crippen molar-refractivity contribution in [3.8, 4) is 0 Å². The molecule has 0 aromatic carbocycles. The van der Waals surface area contributed by atoms with Crippen molar-refractivity contribution < 1.29 is 36.8 Å². The molecule has 1 aromatic rings. The van der Waals surface area contributed by atoms with Crippen LogP contribution in [0.25, 0.3) is 0 Å². The predicted octanol–water partition coefficient (Wildman–Crippen LogP) is 3.17. The van der Waals surface area contributed by atoms with E-state index in [1.807, 2.05) is 13.8 Å². The van der Waals surface area contributed by atoms with E-state index in [4.69, 9.17) is 18.3 Å². The van der Waals surface area contributed by atoms with Crippen molar-refractivity contribution in [3.63, 3.8) is 0 Å². The Balaban J connectivity index is 1.76. The van der Waals surface area contributed by atoms with E-state index in [-0.39, 0.29) is 24.2 Å². The molecule has 0 saturated carbocycles. The molecular weight excluding hydrogens is 463 g/mol. The standard InChI is InChI=1S/C20H32F2N3O7P/c1-5-7-13(8-6-2)17(26)23-15-9-10-25(19(27)24-15)18-20(21,22)16-14(30-18)11-29-33(28,32-16)31-12(3)4/h9-10,12-14,16,18,28,33H,5-8,11H2,1-4H3,(H,23,24,26,27)/t14-,16-,18-/m1/s1. The van der Waals surface area contributed by atoms with Gasteiger partial charge in [0.1, 0.15) is 0 Å². The van der Waals surface area contributed by atoms with Crippen molar-refractivity contribution in [2.45, 2.75) is 83.8 Å². The van der Waals surface area contributed by atoms with Crippen LogP contribution in [0.3, 0.4) is 0 Å². The van der Waals surface area contributed by atoms with Gasteiger partial charge in [-0.15, -0.1) is 0 Å². The second-order valence-electron chi connectivity index (χ2n) is 8.51. The number of aromatic nitrogens is 2. The van der Waals surface area contributed by atoms with Crippen LogP contribution in [-0.4, -0.2) is 51.2 Å². The zero-order valence-corrected chi connectivity index (χ0v) is 20.1. The molecule has 2 N–H and O–H groups in total. The van der Waals surface area contributed by atoms with Crippen LogP contribution in [0.2, 0.25) is 0 Å². The summed E-state index contributed by atoms with van der Waals surface area (Å²) in [5.74, 6) is -4.19. The monoisotopic (exact) mass is 495 g/mol. The maximum atomic E-state index is 15.2. The number of ether oxygens (including phenoxy) is 1. The summed E-state index contributed by atoms with van der Waals surface area (Å²) in [6.45, 7) is 6.78. The summed E-state index contributed by atoms with van der Waals surface area (Å²) in [5, 5.41) is 2.59. The molecule has 0 spiro atoms. The van der Waals surface area contributed by atoms with Crippen LogP contribution in [-0.2, 0) is 23.1 Å². The molecule has 2 aliphatic heterocycles. The third-order valence-corrected chi connectivity index (χ3v) is 7.27. The second kappa shape index (κ2) is 10.4. The normalized spacial score (nSPS) is 26.9. The molecule has 2 saturated heterocycles. The molecule has 0 aliphatic carbocycles. The van der Waals surface area contributed by atoms with Crippen LogP contribution in [0.15, 0.2) is 17.1 Å². The van der Waals surface area contributed by atoms with E-state index < -0.39 is 44.3 Å². The van der Waals surface area contributed by atoms with E-state index >= 15 is 8.78 Å². The Morgan fingerprint density at radius 3 is 2.64 bits per heavy atom. The number of anilines is 1. The number of amides is 1. The van der Waals surface area contributed by atoms with Crippen molar-refractivity contribution in [2.75, 3.05) is 11.9 Å². The van der Waals surface area contributed by atoms with Gasteiger partial charge >= 0.3 is 164 Å². The topological polar surface area (TPSA) is 121 Å². The van der Waals surface area contributed by atoms with E-state index in [2.05, 4.69) is 10.3 Å². The van der Waals surface area contributed by atoms with E-state index in [0.29, 0.717) is 17.4 Å². The number of rotatable bonds is 9. The number of nitrogens with one attached hydrogen (secondary N) is 1. The molecule has 33 heavy (non-hydrogen) atoms. The predicted molar refractivity (Wildman–Crippen MR) is 117 cm³/mol. The summed E-state index contributed by atoms with van der Waals surface area (Å²) in [7, 11) is -4.28. The number of hydrogen-bond acceptors (Lipinski definition) is 8. The summed E-state index contributed by atoms with van der Waals surface area (Å²) in [5.41, 5.74) is -1.02. The summed E-state index contributed by atoms with van der Waals surface area (Å²) in [6.07, 6.45) is -1.47. The average molecular weight is 495 g/mol. The quantitative estimate of drug-likeness (QED) is 0.501. The Hall–Kier alpha value is -1.56. The zero-order valence-electron chi connectivity index (χ0n) is 19.1. The third-order valence-electron chi connectivity index (χ3n) is 5.42. The number of carbonyl (C=O) groups excluding carboxylic acids is 1. The van der Waals surface area contributed by atoms with Gasteiger partial charge in [0.25, 0.3) is 0 Å². The molecule has 0 unspecified atom stereocenters. The molecule has 3 atom stereocenters. The van der Waals surface area contributed by atoms with E-state index in [1.54, 1.807) is 13.8 Å². The fourth-order valence-corrected chi connectivity index (χ4v) is 5.77. The molecule has 1 aromatic heterocycles. The first-order chi connectivity index (χ1) is 15.5. The summed E-state index contributed by atoms with van der Waals surface area (Å²) < 4.78 is 51.8. The first-order valence-electron chi connectivity index (χ1n) is 11.2. The molecule has 1 amide bonds. The van der Waals surface area contributed by atoms with Gasteiger partial charge in [-0.3, -0.25) is 0 Å². The molecule has 3 heterocycles. The number of fused-ring (bicyclic) bond motifs is 1. The van der Waals surface area contributed by atoms with Crippen molar-refractivity contribution in [1.82, 2.24) is 9.55 Å². The fourth-order valence-electron chi connectivity index (χ4n) is 3.98. The third kappa shape index (κ3) is 5.75. The Morgan fingerprint density at radius 1 is 1.39 bits per heavy atom. The Kier molecular flexibility index (Phi) is 8.19. The first kappa shape index (κ1) is 26.1. The molecule has 10 nitrogen and oxygen atoms in total. The molecule has 2 fully saturated rings. The van der Waals surface area contributed by atoms with E-state index in [1.165, 1.54) is 6.07 Å². The Bertz CT molecular complexity index is 897. The Morgan fingerprint density at radius 2 is 2.06 bits per heavy atom. The van der Waals surface area contributed by atoms with E-state index in [9.17, 15) is 14.5 Å². The van der Waals surface area contributed by atoms with Gasteiger partial charge in [-0.25, -0.2) is 0 Å². The van der Waals surface area contributed by atoms with Gasteiger partial charge in [-0.2, -0.15) is 0 Å². The molecule has 13 heteroatoms. The molecule has 0 radical (unpaired) electrons. The van der Waals surface area contributed by atoms with Crippen LogP contribution < -0.4 is 11.0 Å². The van der Waals surface area contributed by atoms with Crippen LogP contribution in [0.4, 0.5) is 14.6 Å². The van der Waals surface area contributed by atoms with Crippen LogP contribution in [0.1, 0.15) is 59.6 Å². The van der Waals surface area contributed by atoms with Crippen LogP contribution in [0.5, 0.6) is 0 Å². The summed E-state index contributed by atoms with van der Waals surface area (Å²) in [6, 6.07) is 1.26. The summed E-state index contributed by atoms with van der Waals surface area (Å²) in [4.78, 5) is 39.1. The summed E-state index contributed by atoms with van der Waals surface area (Å²) >= 11 is 0. The van der Waals surface area contributed by atoms with Gasteiger partial charge in [0, 0.05) is 0 Å². The van der Waals surface area contributed by atoms with Crippen molar-refractivity contribution >= 4 is 19.9 Å². The second-order valence-corrected chi connectivity index (χ2v) is 10.3. The van der Waals surface area contributed by atoms with Crippen molar-refractivity contribution in [2.24, 2.45) is 5.92 Å². The number of nitrogens with zero attached hydrogens (tertiary/aromatic N) is 2.